The standard InChI is InChI=1S/C18H19F3N2O/c1-23(13-15-7-9-16(10-8-15)18(19,20)21)17(24)22-12-11-14-5-3-2-4-6-14/h2-10H,11-13H2,1H3,(H,22,24). The number of alkyl halides is 3. The molecule has 0 unspecified atom stereocenters. The molecule has 0 spiro atoms. The minimum Gasteiger partial charge on any atom is -0.338 e. The fourth-order valence-corrected chi connectivity index (χ4v) is 2.24. The lowest BCUT2D eigenvalue weighted by atomic mass is 10.1. The molecular formula is C18H19F3N2O. The highest BCUT2D eigenvalue weighted by molar-refractivity contribution is 5.73. The Morgan fingerprint density at radius 3 is 2.21 bits per heavy atom. The van der Waals surface area contributed by atoms with Gasteiger partial charge in [-0.05, 0) is 29.7 Å². The van der Waals surface area contributed by atoms with Crippen LogP contribution in [0.2, 0.25) is 0 Å². The van der Waals surface area contributed by atoms with E-state index < -0.39 is 11.7 Å². The number of hydrogen-bond donors (Lipinski definition) is 1. The molecule has 0 radical (unpaired) electrons. The van der Waals surface area contributed by atoms with Gasteiger partial charge in [0.05, 0.1) is 5.56 Å². The first-order chi connectivity index (χ1) is 11.4. The highest BCUT2D eigenvalue weighted by Crippen LogP contribution is 2.29. The van der Waals surface area contributed by atoms with Gasteiger partial charge in [-0.15, -0.1) is 0 Å². The third-order valence-electron chi connectivity index (χ3n) is 3.58. The molecule has 0 aromatic heterocycles. The molecule has 2 rings (SSSR count). The molecule has 6 heteroatoms. The Morgan fingerprint density at radius 2 is 1.62 bits per heavy atom. The second-order valence-electron chi connectivity index (χ2n) is 5.52. The zero-order valence-electron chi connectivity index (χ0n) is 13.3. The summed E-state index contributed by atoms with van der Waals surface area (Å²) in [5.74, 6) is 0. The lowest BCUT2D eigenvalue weighted by Gasteiger charge is -2.18. The molecule has 2 aromatic carbocycles. The monoisotopic (exact) mass is 336 g/mol. The second-order valence-corrected chi connectivity index (χ2v) is 5.52. The summed E-state index contributed by atoms with van der Waals surface area (Å²) in [6.45, 7) is 0.746. The van der Waals surface area contributed by atoms with Crippen LogP contribution >= 0.6 is 0 Å². The molecular weight excluding hydrogens is 317 g/mol. The topological polar surface area (TPSA) is 32.3 Å². The van der Waals surface area contributed by atoms with E-state index in [0.717, 1.165) is 24.1 Å². The van der Waals surface area contributed by atoms with E-state index >= 15 is 0 Å². The number of nitrogens with zero attached hydrogens (tertiary/aromatic N) is 1. The fraction of sp³-hybridized carbons (Fsp3) is 0.278. The van der Waals surface area contributed by atoms with Crippen LogP contribution in [0.3, 0.4) is 0 Å². The van der Waals surface area contributed by atoms with Crippen LogP contribution in [0.25, 0.3) is 0 Å². The molecule has 1 N–H and O–H groups in total. The smallest absolute Gasteiger partial charge is 0.338 e. The summed E-state index contributed by atoms with van der Waals surface area (Å²) in [4.78, 5) is 13.4. The predicted octanol–water partition coefficient (Wildman–Crippen LogP) is 4.09. The Labute approximate surface area is 139 Å². The third kappa shape index (κ3) is 5.30. The molecule has 0 aliphatic rings. The molecule has 0 aliphatic carbocycles. The van der Waals surface area contributed by atoms with Gasteiger partial charge in [-0.1, -0.05) is 42.5 Å². The van der Waals surface area contributed by atoms with Crippen LogP contribution in [0, 0.1) is 0 Å². The number of nitrogens with one attached hydrogen (secondary N) is 1. The first-order valence-corrected chi connectivity index (χ1v) is 7.55. The van der Waals surface area contributed by atoms with Crippen LogP contribution in [0.1, 0.15) is 16.7 Å². The van der Waals surface area contributed by atoms with Crippen molar-refractivity contribution in [2.45, 2.75) is 19.1 Å². The average molecular weight is 336 g/mol. The molecule has 0 aliphatic heterocycles. The predicted molar refractivity (Wildman–Crippen MR) is 86.5 cm³/mol. The van der Waals surface area contributed by atoms with Gasteiger partial charge < -0.3 is 10.2 Å². The van der Waals surface area contributed by atoms with Crippen molar-refractivity contribution in [3.8, 4) is 0 Å². The Bertz CT molecular complexity index is 654. The van der Waals surface area contributed by atoms with E-state index in [1.807, 2.05) is 30.3 Å². The number of urea groups is 1. The van der Waals surface area contributed by atoms with Crippen molar-refractivity contribution in [3.05, 3.63) is 71.3 Å². The van der Waals surface area contributed by atoms with E-state index in [-0.39, 0.29) is 12.6 Å². The molecule has 0 bridgehead atoms. The minimum absolute atomic E-state index is 0.245. The Hall–Kier alpha value is -2.50. The fourth-order valence-electron chi connectivity index (χ4n) is 2.24. The highest BCUT2D eigenvalue weighted by Gasteiger charge is 2.29. The first kappa shape index (κ1) is 17.8. The normalized spacial score (nSPS) is 11.2. The summed E-state index contributed by atoms with van der Waals surface area (Å²) in [6.07, 6.45) is -3.63. The molecule has 2 aromatic rings. The number of carbonyl (C=O) groups excluding carboxylic acids is 1. The highest BCUT2D eigenvalue weighted by atomic mass is 19.4. The molecule has 0 saturated carbocycles. The molecule has 3 nitrogen and oxygen atoms in total. The van der Waals surface area contributed by atoms with Crippen LogP contribution in [-0.4, -0.2) is 24.5 Å². The van der Waals surface area contributed by atoms with Crippen molar-refractivity contribution >= 4 is 6.03 Å². The Kier molecular flexibility index (Phi) is 5.84. The van der Waals surface area contributed by atoms with Gasteiger partial charge >= 0.3 is 12.2 Å². The van der Waals surface area contributed by atoms with Crippen molar-refractivity contribution in [3.63, 3.8) is 0 Å². The van der Waals surface area contributed by atoms with Crippen molar-refractivity contribution in [1.29, 1.82) is 0 Å². The van der Waals surface area contributed by atoms with Gasteiger partial charge in [0.15, 0.2) is 0 Å². The number of benzene rings is 2. The zero-order valence-corrected chi connectivity index (χ0v) is 13.3. The van der Waals surface area contributed by atoms with Crippen molar-refractivity contribution in [1.82, 2.24) is 10.2 Å². The molecule has 0 heterocycles. The van der Waals surface area contributed by atoms with Crippen LogP contribution in [0.5, 0.6) is 0 Å². The SMILES string of the molecule is CN(Cc1ccc(C(F)(F)F)cc1)C(=O)NCCc1ccccc1. The minimum atomic E-state index is -4.35. The molecule has 24 heavy (non-hydrogen) atoms. The van der Waals surface area contributed by atoms with E-state index in [1.54, 1.807) is 7.05 Å². The van der Waals surface area contributed by atoms with E-state index in [4.69, 9.17) is 0 Å². The van der Waals surface area contributed by atoms with Crippen LogP contribution < -0.4 is 5.32 Å². The van der Waals surface area contributed by atoms with Gasteiger partial charge in [-0.25, -0.2) is 4.79 Å². The summed E-state index contributed by atoms with van der Waals surface area (Å²) in [6, 6.07) is 14.3. The van der Waals surface area contributed by atoms with Crippen molar-refractivity contribution in [2.75, 3.05) is 13.6 Å². The summed E-state index contributed by atoms with van der Waals surface area (Å²) < 4.78 is 37.5. The number of rotatable bonds is 5. The molecule has 0 atom stereocenters. The lowest BCUT2D eigenvalue weighted by molar-refractivity contribution is -0.137. The molecule has 2 amide bonds. The lowest BCUT2D eigenvalue weighted by Crippen LogP contribution is -2.37. The maximum Gasteiger partial charge on any atom is 0.416 e. The average Bonchev–Trinajstić information content (AvgIpc) is 2.55. The molecule has 0 fully saturated rings. The summed E-state index contributed by atoms with van der Waals surface area (Å²) in [5, 5.41) is 2.79. The summed E-state index contributed by atoms with van der Waals surface area (Å²) in [5.41, 5.74) is 1.08. The van der Waals surface area contributed by atoms with Gasteiger partial charge in [0.25, 0.3) is 0 Å². The van der Waals surface area contributed by atoms with E-state index in [2.05, 4.69) is 5.32 Å². The zero-order chi connectivity index (χ0) is 17.6. The Balaban J connectivity index is 1.81. The summed E-state index contributed by atoms with van der Waals surface area (Å²) in [7, 11) is 1.61. The quantitative estimate of drug-likeness (QED) is 0.876. The van der Waals surface area contributed by atoms with E-state index in [1.165, 1.54) is 17.0 Å². The van der Waals surface area contributed by atoms with Crippen LogP contribution in [0.4, 0.5) is 18.0 Å². The van der Waals surface area contributed by atoms with Gasteiger partial charge in [-0.3, -0.25) is 0 Å². The van der Waals surface area contributed by atoms with Gasteiger partial charge in [0, 0.05) is 20.1 Å². The largest absolute Gasteiger partial charge is 0.416 e. The van der Waals surface area contributed by atoms with Crippen LogP contribution in [-0.2, 0) is 19.1 Å². The number of carbonyl (C=O) groups is 1. The van der Waals surface area contributed by atoms with Gasteiger partial charge in [0.2, 0.25) is 0 Å². The summed E-state index contributed by atoms with van der Waals surface area (Å²) >= 11 is 0. The van der Waals surface area contributed by atoms with E-state index in [0.29, 0.717) is 12.1 Å². The number of amides is 2. The first-order valence-electron chi connectivity index (χ1n) is 7.55. The van der Waals surface area contributed by atoms with Crippen LogP contribution in [0.15, 0.2) is 54.6 Å². The second kappa shape index (κ2) is 7.86. The molecule has 0 saturated heterocycles. The van der Waals surface area contributed by atoms with E-state index in [9.17, 15) is 18.0 Å². The molecule has 128 valence electrons. The number of hydrogen-bond acceptors (Lipinski definition) is 1. The number of halogens is 3. The van der Waals surface area contributed by atoms with Gasteiger partial charge in [-0.2, -0.15) is 13.2 Å². The van der Waals surface area contributed by atoms with Crippen molar-refractivity contribution < 1.29 is 18.0 Å². The maximum absolute atomic E-state index is 12.5. The third-order valence-corrected chi connectivity index (χ3v) is 3.58. The van der Waals surface area contributed by atoms with Gasteiger partial charge in [0.1, 0.15) is 0 Å². The van der Waals surface area contributed by atoms with Crippen molar-refractivity contribution in [2.24, 2.45) is 0 Å². The Morgan fingerprint density at radius 1 is 1.00 bits per heavy atom. The maximum atomic E-state index is 12.5.